The van der Waals surface area contributed by atoms with Gasteiger partial charge in [0, 0.05) is 33.7 Å². The number of nitrogens with zero attached hydrogens (tertiary/aromatic N) is 2. The molecule has 0 N–H and O–H groups in total. The van der Waals surface area contributed by atoms with E-state index in [9.17, 15) is 0 Å². The minimum absolute atomic E-state index is 0.502. The molecule has 62 heavy (non-hydrogen) atoms. The number of benzene rings is 6. The fraction of sp³-hybridized carbons (Fsp3) is 0.0667. The first-order valence-electron chi connectivity index (χ1n) is 21.2. The maximum Gasteiger partial charge on any atom is 0.0890 e. The van der Waals surface area contributed by atoms with Gasteiger partial charge in [0.25, 0.3) is 0 Å². The van der Waals surface area contributed by atoms with Gasteiger partial charge in [0.05, 0.1) is 12.2 Å². The van der Waals surface area contributed by atoms with E-state index in [0.717, 1.165) is 45.2 Å². The Morgan fingerprint density at radius 1 is 0.726 bits per heavy atom. The Kier molecular flexibility index (Phi) is 11.1. The summed E-state index contributed by atoms with van der Waals surface area (Å²) in [6.07, 6.45) is 23.6. The zero-order chi connectivity index (χ0) is 42.5. The van der Waals surface area contributed by atoms with E-state index in [1.54, 1.807) is 0 Å². The molecule has 0 spiro atoms. The van der Waals surface area contributed by atoms with E-state index in [0.29, 0.717) is 6.54 Å². The van der Waals surface area contributed by atoms with Crippen LogP contribution in [0.4, 0.5) is 17.1 Å². The molecule has 0 amide bonds. The predicted molar refractivity (Wildman–Crippen MR) is 265 cm³/mol. The molecule has 0 radical (unpaired) electrons. The predicted octanol–water partition coefficient (Wildman–Crippen LogP) is 15.2. The van der Waals surface area contributed by atoms with Crippen LogP contribution in [0.3, 0.4) is 0 Å². The van der Waals surface area contributed by atoms with Crippen molar-refractivity contribution in [2.45, 2.75) is 19.3 Å². The lowest BCUT2D eigenvalue weighted by atomic mass is 9.72. The van der Waals surface area contributed by atoms with E-state index in [-0.39, 0.29) is 0 Å². The molecule has 9 rings (SSSR count). The molecule has 3 aliphatic rings. The molecule has 298 valence electrons. The van der Waals surface area contributed by atoms with Gasteiger partial charge >= 0.3 is 0 Å². The van der Waals surface area contributed by atoms with Crippen molar-refractivity contribution < 1.29 is 0 Å². The second-order valence-electron chi connectivity index (χ2n) is 15.9. The highest BCUT2D eigenvalue weighted by atomic mass is 15.2. The highest BCUT2D eigenvalue weighted by Gasteiger charge is 2.43. The fourth-order valence-electron chi connectivity index (χ4n) is 9.08. The van der Waals surface area contributed by atoms with Gasteiger partial charge < -0.3 is 9.80 Å². The molecule has 0 saturated heterocycles. The molecular weight excluding hydrogens is 749 g/mol. The number of fused-ring (bicyclic) bond motifs is 4. The molecule has 0 heterocycles. The zero-order valence-corrected chi connectivity index (χ0v) is 35.3. The van der Waals surface area contributed by atoms with Crippen LogP contribution in [0.2, 0.25) is 0 Å². The van der Waals surface area contributed by atoms with Crippen LogP contribution in [0.1, 0.15) is 47.2 Å². The van der Waals surface area contributed by atoms with Crippen molar-refractivity contribution in [1.29, 1.82) is 0 Å². The average molecular weight is 797 g/mol. The van der Waals surface area contributed by atoms with Gasteiger partial charge in [-0.05, 0) is 148 Å². The molecule has 1 unspecified atom stereocenters. The Morgan fingerprint density at radius 2 is 1.37 bits per heavy atom. The molecule has 0 bridgehead atoms. The Morgan fingerprint density at radius 3 is 2.03 bits per heavy atom. The normalized spacial score (nSPS) is 18.2. The van der Waals surface area contributed by atoms with Crippen LogP contribution in [-0.2, 0) is 5.41 Å². The Labute approximate surface area is 366 Å². The Balaban J connectivity index is 1.27. The highest BCUT2D eigenvalue weighted by Crippen LogP contribution is 2.56. The van der Waals surface area contributed by atoms with Crippen molar-refractivity contribution in [3.63, 3.8) is 0 Å². The van der Waals surface area contributed by atoms with Gasteiger partial charge in [-0.15, -0.1) is 5.73 Å². The van der Waals surface area contributed by atoms with E-state index < -0.39 is 5.41 Å². The number of hydrogen-bond acceptors (Lipinski definition) is 2. The smallest absolute Gasteiger partial charge is 0.0890 e. The summed E-state index contributed by atoms with van der Waals surface area (Å²) in [6, 6.07) is 54.0. The third-order valence-corrected chi connectivity index (χ3v) is 12.2. The van der Waals surface area contributed by atoms with Crippen molar-refractivity contribution in [1.82, 2.24) is 0 Å². The van der Waals surface area contributed by atoms with Gasteiger partial charge in [0.2, 0.25) is 0 Å². The average Bonchev–Trinajstić information content (AvgIpc) is 3.94. The second-order valence-corrected chi connectivity index (χ2v) is 15.9. The minimum atomic E-state index is -0.502. The Hall–Kier alpha value is -7.86. The van der Waals surface area contributed by atoms with Crippen molar-refractivity contribution >= 4 is 40.4 Å². The Bertz CT molecular complexity index is 2950. The summed E-state index contributed by atoms with van der Waals surface area (Å²) >= 11 is 0. The molecule has 1 atom stereocenters. The quantitative estimate of drug-likeness (QED) is 0.0899. The van der Waals surface area contributed by atoms with E-state index >= 15 is 0 Å². The van der Waals surface area contributed by atoms with E-state index in [4.69, 9.17) is 0 Å². The molecule has 0 fully saturated rings. The molecule has 2 heteroatoms. The summed E-state index contributed by atoms with van der Waals surface area (Å²) in [5, 5.41) is 0. The number of allylic oxidation sites excluding steroid dienone is 10. The topological polar surface area (TPSA) is 6.48 Å². The fourth-order valence-corrected chi connectivity index (χ4v) is 9.08. The number of anilines is 3. The summed E-state index contributed by atoms with van der Waals surface area (Å²) in [4.78, 5) is 4.57. The largest absolute Gasteiger partial charge is 0.336 e. The number of para-hydroxylation sites is 3. The zero-order valence-electron chi connectivity index (χ0n) is 35.3. The monoisotopic (exact) mass is 796 g/mol. The van der Waals surface area contributed by atoms with Crippen LogP contribution in [0.25, 0.3) is 34.4 Å². The number of rotatable bonds is 12. The lowest BCUT2D eigenvalue weighted by Gasteiger charge is -2.31. The van der Waals surface area contributed by atoms with Crippen LogP contribution in [-0.4, -0.2) is 6.54 Å². The third-order valence-electron chi connectivity index (χ3n) is 12.2. The van der Waals surface area contributed by atoms with Gasteiger partial charge in [-0.2, -0.15) is 0 Å². The van der Waals surface area contributed by atoms with Gasteiger partial charge in [-0.3, -0.25) is 0 Å². The van der Waals surface area contributed by atoms with Crippen LogP contribution < -0.4 is 9.80 Å². The number of hydrogen-bond donors (Lipinski definition) is 0. The third kappa shape index (κ3) is 7.47. The maximum absolute atomic E-state index is 4.39. The van der Waals surface area contributed by atoms with Crippen LogP contribution in [0.15, 0.2) is 248 Å². The molecule has 0 aromatic heterocycles. The van der Waals surface area contributed by atoms with E-state index in [2.05, 4.69) is 242 Å². The molecule has 0 aliphatic heterocycles. The first-order valence-corrected chi connectivity index (χ1v) is 21.2. The van der Waals surface area contributed by atoms with Crippen molar-refractivity contribution in [3.05, 3.63) is 281 Å². The highest BCUT2D eigenvalue weighted by molar-refractivity contribution is 5.95. The van der Waals surface area contributed by atoms with Crippen LogP contribution >= 0.6 is 0 Å². The summed E-state index contributed by atoms with van der Waals surface area (Å²) in [5.41, 5.74) is 24.6. The molecule has 3 aliphatic carbocycles. The van der Waals surface area contributed by atoms with Crippen LogP contribution in [0.5, 0.6) is 0 Å². The van der Waals surface area contributed by atoms with Gasteiger partial charge in [-0.1, -0.05) is 158 Å². The molecule has 0 saturated carbocycles. The minimum Gasteiger partial charge on any atom is -0.336 e. The van der Waals surface area contributed by atoms with Crippen molar-refractivity contribution in [2.75, 3.05) is 16.3 Å². The SMILES string of the molecule is C=C=C(CN(c1ccccc1)c1ccccc1)c1cc(C=C/C(=C\C=C)N(C2=C=CC=C2)c2ccccc2)cc2c1-c1ccccc1C2(C)C1=C/c2ccccc2/C(C)=C/C=C\1. The summed E-state index contributed by atoms with van der Waals surface area (Å²) in [6.45, 7) is 13.7. The molecule has 2 nitrogen and oxygen atoms in total. The van der Waals surface area contributed by atoms with Crippen molar-refractivity contribution in [2.24, 2.45) is 0 Å². The lowest BCUT2D eigenvalue weighted by Crippen LogP contribution is -2.23. The lowest BCUT2D eigenvalue weighted by molar-refractivity contribution is 0.716. The van der Waals surface area contributed by atoms with Gasteiger partial charge in [0.15, 0.2) is 0 Å². The van der Waals surface area contributed by atoms with Gasteiger partial charge in [0.1, 0.15) is 0 Å². The molecular formula is C60H48N2. The summed E-state index contributed by atoms with van der Waals surface area (Å²) in [5.74, 6) is 0. The molecule has 6 aromatic carbocycles. The van der Waals surface area contributed by atoms with E-state index in [1.165, 1.54) is 44.5 Å². The second kappa shape index (κ2) is 17.4. The first kappa shape index (κ1) is 39.6. The van der Waals surface area contributed by atoms with Crippen LogP contribution in [0, 0.1) is 0 Å². The van der Waals surface area contributed by atoms with Crippen molar-refractivity contribution in [3.8, 4) is 11.1 Å². The standard InChI is InChI=1S/C60H48N2/c1-5-23-51(62(53-33-17-18-34-53)52-31-14-9-15-32-52)39-38-45-40-56(46(6-2)43-61(49-27-10-7-11-28-49)50-29-12-8-13-30-50)59-55-36-20-21-37-57(55)60(4,58(59)41-45)48-26-22-24-44(3)54-35-19-16-25-47(54)42-48/h5,7-33,35-42H,1-2,43H2,3-4H3/b24-22?,26-22-,39-38?,44-24+,47-42?,48-26?,48-42+,51-23+,54-44?. The van der Waals surface area contributed by atoms with E-state index in [1.807, 2.05) is 24.3 Å². The van der Waals surface area contributed by atoms with Gasteiger partial charge in [-0.25, -0.2) is 0 Å². The maximum atomic E-state index is 4.39. The molecule has 6 aromatic rings. The first-order chi connectivity index (χ1) is 30.5. The summed E-state index contributed by atoms with van der Waals surface area (Å²) in [7, 11) is 0. The summed E-state index contributed by atoms with van der Waals surface area (Å²) < 4.78 is 0.